The smallest absolute Gasteiger partial charge is 0.305 e. The molecule has 2 rings (SSSR count). The van der Waals surface area contributed by atoms with E-state index in [-0.39, 0.29) is 5.97 Å². The summed E-state index contributed by atoms with van der Waals surface area (Å²) in [6.07, 6.45) is 1.74. The molecular formula is C18H19ClO3. The third-order valence-electron chi connectivity index (χ3n) is 3.27. The first-order valence-corrected chi connectivity index (χ1v) is 7.59. The molecule has 0 saturated heterocycles. The van der Waals surface area contributed by atoms with Crippen molar-refractivity contribution >= 4 is 17.6 Å². The molecule has 0 saturated carbocycles. The minimum atomic E-state index is -0.218. The molecule has 116 valence electrons. The molecule has 22 heavy (non-hydrogen) atoms. The minimum absolute atomic E-state index is 0.218. The van der Waals surface area contributed by atoms with Crippen molar-refractivity contribution in [3.8, 4) is 5.75 Å². The van der Waals surface area contributed by atoms with Crippen LogP contribution in [0.3, 0.4) is 0 Å². The Balaban J connectivity index is 2.00. The summed E-state index contributed by atoms with van der Waals surface area (Å²) >= 11 is 6.09. The predicted molar refractivity (Wildman–Crippen MR) is 87.4 cm³/mol. The van der Waals surface area contributed by atoms with Crippen LogP contribution in [0.15, 0.2) is 48.5 Å². The van der Waals surface area contributed by atoms with Crippen LogP contribution in [0.2, 0.25) is 5.02 Å². The molecule has 4 heteroatoms. The Kier molecular flexibility index (Phi) is 6.28. The van der Waals surface area contributed by atoms with Crippen molar-refractivity contribution in [1.29, 1.82) is 0 Å². The fraction of sp³-hybridized carbons (Fsp3) is 0.278. The lowest BCUT2D eigenvalue weighted by atomic mass is 10.0. The Bertz CT molecular complexity index is 611. The second-order valence-electron chi connectivity index (χ2n) is 4.94. The lowest BCUT2D eigenvalue weighted by molar-refractivity contribution is -0.140. The zero-order valence-corrected chi connectivity index (χ0v) is 13.3. The van der Waals surface area contributed by atoms with Gasteiger partial charge in [-0.1, -0.05) is 41.9 Å². The van der Waals surface area contributed by atoms with Crippen LogP contribution in [-0.2, 0) is 16.0 Å². The van der Waals surface area contributed by atoms with Gasteiger partial charge in [-0.2, -0.15) is 0 Å². The second-order valence-corrected chi connectivity index (χ2v) is 5.38. The number of methoxy groups -OCH3 is 1. The van der Waals surface area contributed by atoms with Crippen LogP contribution in [0.1, 0.15) is 24.0 Å². The van der Waals surface area contributed by atoms with Gasteiger partial charge < -0.3 is 9.47 Å². The van der Waals surface area contributed by atoms with Gasteiger partial charge >= 0.3 is 5.97 Å². The quantitative estimate of drug-likeness (QED) is 0.565. The number of carbonyl (C=O) groups excluding carboxylic acids is 1. The van der Waals surface area contributed by atoms with E-state index >= 15 is 0 Å². The number of carbonyl (C=O) groups is 1. The molecule has 0 bridgehead atoms. The maximum absolute atomic E-state index is 11.1. The fourth-order valence-electron chi connectivity index (χ4n) is 2.14. The Morgan fingerprint density at radius 1 is 1.14 bits per heavy atom. The van der Waals surface area contributed by atoms with Gasteiger partial charge in [0, 0.05) is 17.9 Å². The van der Waals surface area contributed by atoms with Gasteiger partial charge in [0.1, 0.15) is 5.75 Å². The van der Waals surface area contributed by atoms with Gasteiger partial charge in [-0.25, -0.2) is 0 Å². The first-order chi connectivity index (χ1) is 10.7. The van der Waals surface area contributed by atoms with Crippen molar-refractivity contribution in [3.05, 3.63) is 64.7 Å². The van der Waals surface area contributed by atoms with E-state index in [4.69, 9.17) is 16.3 Å². The van der Waals surface area contributed by atoms with E-state index in [1.54, 1.807) is 0 Å². The summed E-state index contributed by atoms with van der Waals surface area (Å²) in [4.78, 5) is 11.1. The van der Waals surface area contributed by atoms with E-state index in [0.717, 1.165) is 17.7 Å². The van der Waals surface area contributed by atoms with Gasteiger partial charge in [0.2, 0.25) is 0 Å². The Morgan fingerprint density at radius 3 is 2.64 bits per heavy atom. The summed E-state index contributed by atoms with van der Waals surface area (Å²) < 4.78 is 10.4. The predicted octanol–water partition coefficient (Wildman–Crippen LogP) is 4.26. The van der Waals surface area contributed by atoms with E-state index < -0.39 is 0 Å². The standard InChI is InChI=1S/C18H19ClO3/c1-21-18(20)8-5-11-22-17-10-9-16(19)13-15(17)12-14-6-3-2-4-7-14/h2-4,6-7,9-10,13H,5,8,11-12H2,1H3. The number of halogens is 1. The first kappa shape index (κ1) is 16.4. The molecule has 0 atom stereocenters. The van der Waals surface area contributed by atoms with E-state index in [0.29, 0.717) is 24.5 Å². The number of hydrogen-bond acceptors (Lipinski definition) is 3. The summed E-state index contributed by atoms with van der Waals surface area (Å²) in [6, 6.07) is 15.8. The van der Waals surface area contributed by atoms with E-state index in [1.165, 1.54) is 12.7 Å². The molecule has 0 unspecified atom stereocenters. The van der Waals surface area contributed by atoms with Crippen LogP contribution >= 0.6 is 11.6 Å². The Labute approximate surface area is 135 Å². The average Bonchev–Trinajstić information content (AvgIpc) is 2.54. The fourth-order valence-corrected chi connectivity index (χ4v) is 2.34. The lowest BCUT2D eigenvalue weighted by Gasteiger charge is -2.12. The molecular weight excluding hydrogens is 300 g/mol. The summed E-state index contributed by atoms with van der Waals surface area (Å²) in [6.45, 7) is 0.471. The number of ether oxygens (including phenoxy) is 2. The van der Waals surface area contributed by atoms with Gasteiger partial charge in [-0.15, -0.1) is 0 Å². The lowest BCUT2D eigenvalue weighted by Crippen LogP contribution is -2.05. The van der Waals surface area contributed by atoms with Gasteiger partial charge in [-0.3, -0.25) is 4.79 Å². The molecule has 3 nitrogen and oxygen atoms in total. The summed E-state index contributed by atoms with van der Waals surface area (Å²) in [7, 11) is 1.39. The van der Waals surface area contributed by atoms with E-state index in [2.05, 4.69) is 16.9 Å². The maximum Gasteiger partial charge on any atom is 0.305 e. The molecule has 0 amide bonds. The largest absolute Gasteiger partial charge is 0.493 e. The molecule has 0 aliphatic heterocycles. The van der Waals surface area contributed by atoms with Crippen molar-refractivity contribution in [3.63, 3.8) is 0 Å². The topological polar surface area (TPSA) is 35.5 Å². The monoisotopic (exact) mass is 318 g/mol. The third kappa shape index (κ3) is 5.08. The second kappa shape index (κ2) is 8.44. The van der Waals surface area contributed by atoms with Crippen molar-refractivity contribution < 1.29 is 14.3 Å². The molecule has 0 N–H and O–H groups in total. The molecule has 2 aromatic carbocycles. The highest BCUT2D eigenvalue weighted by atomic mass is 35.5. The van der Waals surface area contributed by atoms with Crippen LogP contribution in [0.25, 0.3) is 0 Å². The van der Waals surface area contributed by atoms with E-state index in [9.17, 15) is 4.79 Å². The van der Waals surface area contributed by atoms with Gasteiger partial charge in [0.05, 0.1) is 13.7 Å². The normalized spacial score (nSPS) is 10.3. The maximum atomic E-state index is 11.1. The van der Waals surface area contributed by atoms with Crippen LogP contribution in [-0.4, -0.2) is 19.7 Å². The number of esters is 1. The number of benzene rings is 2. The molecule has 0 spiro atoms. The molecule has 0 radical (unpaired) electrons. The minimum Gasteiger partial charge on any atom is -0.493 e. The highest BCUT2D eigenvalue weighted by Gasteiger charge is 2.07. The van der Waals surface area contributed by atoms with Crippen LogP contribution in [0.5, 0.6) is 5.75 Å². The molecule has 2 aromatic rings. The van der Waals surface area contributed by atoms with Gasteiger partial charge in [0.25, 0.3) is 0 Å². The van der Waals surface area contributed by atoms with Crippen molar-refractivity contribution in [2.75, 3.05) is 13.7 Å². The number of rotatable bonds is 7. The zero-order valence-electron chi connectivity index (χ0n) is 12.5. The summed E-state index contributed by atoms with van der Waals surface area (Å²) in [5.41, 5.74) is 2.24. The first-order valence-electron chi connectivity index (χ1n) is 7.21. The van der Waals surface area contributed by atoms with Crippen molar-refractivity contribution in [2.24, 2.45) is 0 Å². The highest BCUT2D eigenvalue weighted by Crippen LogP contribution is 2.25. The third-order valence-corrected chi connectivity index (χ3v) is 3.51. The van der Waals surface area contributed by atoms with Crippen molar-refractivity contribution in [1.82, 2.24) is 0 Å². The van der Waals surface area contributed by atoms with Gasteiger partial charge in [0.15, 0.2) is 0 Å². The molecule has 0 fully saturated rings. The average molecular weight is 319 g/mol. The molecule has 0 aromatic heterocycles. The summed E-state index contributed by atoms with van der Waals surface area (Å²) in [5.74, 6) is 0.585. The molecule has 0 aliphatic rings. The zero-order chi connectivity index (χ0) is 15.8. The Morgan fingerprint density at radius 2 is 1.91 bits per heavy atom. The molecule has 0 aliphatic carbocycles. The summed E-state index contributed by atoms with van der Waals surface area (Å²) in [5, 5.41) is 0.688. The van der Waals surface area contributed by atoms with Crippen molar-refractivity contribution in [2.45, 2.75) is 19.3 Å². The van der Waals surface area contributed by atoms with Crippen LogP contribution < -0.4 is 4.74 Å². The van der Waals surface area contributed by atoms with Gasteiger partial charge in [-0.05, 0) is 35.7 Å². The van der Waals surface area contributed by atoms with Crippen LogP contribution in [0, 0.1) is 0 Å². The van der Waals surface area contributed by atoms with E-state index in [1.807, 2.05) is 36.4 Å². The van der Waals surface area contributed by atoms with Crippen LogP contribution in [0.4, 0.5) is 0 Å². The number of hydrogen-bond donors (Lipinski definition) is 0. The molecule has 0 heterocycles. The Hall–Kier alpha value is -2.00. The SMILES string of the molecule is COC(=O)CCCOc1ccc(Cl)cc1Cc1ccccc1. The highest BCUT2D eigenvalue weighted by molar-refractivity contribution is 6.30.